The van der Waals surface area contributed by atoms with E-state index in [1.807, 2.05) is 0 Å². The largest absolute Gasteiger partial charge is 0.462 e. The van der Waals surface area contributed by atoms with Gasteiger partial charge in [-0.3, -0.25) is 9.59 Å². The van der Waals surface area contributed by atoms with Crippen LogP contribution in [0.15, 0.2) is 60.8 Å². The number of esters is 2. The Morgan fingerprint density at radius 3 is 1.24 bits per heavy atom. The molecule has 0 fully saturated rings. The van der Waals surface area contributed by atoms with Crippen LogP contribution in [0.2, 0.25) is 0 Å². The summed E-state index contributed by atoms with van der Waals surface area (Å²) in [5.74, 6) is -0.428. The van der Waals surface area contributed by atoms with Crippen LogP contribution in [0.25, 0.3) is 0 Å². The van der Waals surface area contributed by atoms with Gasteiger partial charge in [0.05, 0.1) is 6.61 Å². The van der Waals surface area contributed by atoms with Crippen LogP contribution in [0.4, 0.5) is 0 Å². The quantitative estimate of drug-likeness (QED) is 0.0348. The summed E-state index contributed by atoms with van der Waals surface area (Å²) in [6.45, 7) is 7.68. The van der Waals surface area contributed by atoms with Crippen molar-refractivity contribution in [2.75, 3.05) is 19.8 Å². The molecule has 0 aliphatic rings. The molecular weight excluding hydrogens is 717 g/mol. The normalized spacial score (nSPS) is 12.7. The van der Waals surface area contributed by atoms with Crippen LogP contribution in [0.5, 0.6) is 0 Å². The Kier molecular flexibility index (Phi) is 46.9. The highest BCUT2D eigenvalue weighted by atomic mass is 16.6. The molecule has 0 radical (unpaired) electrons. The minimum absolute atomic E-state index is 0.0703. The Hall–Kier alpha value is -2.40. The van der Waals surface area contributed by atoms with Crippen LogP contribution in [0.1, 0.15) is 239 Å². The maximum absolute atomic E-state index is 12.7. The van der Waals surface area contributed by atoms with Gasteiger partial charge in [-0.05, 0) is 64.2 Å². The molecule has 0 saturated heterocycles. The number of unbranched alkanes of at least 4 members (excludes halogenated alkanes) is 24. The van der Waals surface area contributed by atoms with E-state index in [9.17, 15) is 9.59 Å². The Morgan fingerprint density at radius 1 is 0.397 bits per heavy atom. The average molecular weight is 811 g/mol. The second-order valence-corrected chi connectivity index (χ2v) is 16.4. The van der Waals surface area contributed by atoms with Crippen molar-refractivity contribution in [3.05, 3.63) is 60.8 Å². The van der Waals surface area contributed by atoms with Crippen molar-refractivity contribution in [1.82, 2.24) is 0 Å². The van der Waals surface area contributed by atoms with Crippen molar-refractivity contribution in [3.8, 4) is 0 Å². The fourth-order valence-electron chi connectivity index (χ4n) is 6.89. The van der Waals surface area contributed by atoms with Crippen LogP contribution in [-0.2, 0) is 23.8 Å². The number of ether oxygens (including phenoxy) is 3. The topological polar surface area (TPSA) is 61.8 Å². The van der Waals surface area contributed by atoms with E-state index in [2.05, 4.69) is 81.5 Å². The molecule has 1 atom stereocenters. The van der Waals surface area contributed by atoms with Crippen LogP contribution in [0, 0.1) is 0 Å². The fraction of sp³-hybridized carbons (Fsp3) is 0.774. The molecule has 0 saturated carbocycles. The third-order valence-corrected chi connectivity index (χ3v) is 10.6. The van der Waals surface area contributed by atoms with Gasteiger partial charge in [0.1, 0.15) is 6.61 Å². The Bertz CT molecular complexity index is 1010. The molecule has 0 bridgehead atoms. The highest BCUT2D eigenvalue weighted by Crippen LogP contribution is 2.15. The standard InChI is InChI=1S/C53H94O5/c1-4-7-10-13-16-19-21-23-25-26-27-28-30-31-33-35-37-40-43-46-52(54)57-50-51(49-56-48-45-42-39-18-15-12-9-6-3)58-53(55)47-44-41-38-36-34-32-29-24-22-20-17-14-11-8-5-2/h7,10,16,19,23,25,27-28,31,33,51H,4-6,8-9,11-15,17-18,20-22,24,26,29-30,32,34-50H2,1-3H3/b10-7-,19-16-,25-23-,28-27-,33-31-. The molecule has 0 heterocycles. The number of allylic oxidation sites excluding steroid dienone is 10. The smallest absolute Gasteiger partial charge is 0.306 e. The number of rotatable bonds is 45. The van der Waals surface area contributed by atoms with E-state index in [4.69, 9.17) is 14.2 Å². The van der Waals surface area contributed by atoms with Gasteiger partial charge in [0.2, 0.25) is 0 Å². The molecule has 0 aromatic heterocycles. The van der Waals surface area contributed by atoms with Crippen molar-refractivity contribution in [2.45, 2.75) is 245 Å². The third-order valence-electron chi connectivity index (χ3n) is 10.6. The third kappa shape index (κ3) is 46.3. The number of carbonyl (C=O) groups excluding carboxylic acids is 2. The lowest BCUT2D eigenvalue weighted by atomic mass is 10.0. The van der Waals surface area contributed by atoms with E-state index in [0.29, 0.717) is 19.4 Å². The summed E-state index contributed by atoms with van der Waals surface area (Å²) in [5.41, 5.74) is 0. The van der Waals surface area contributed by atoms with Crippen LogP contribution in [0.3, 0.4) is 0 Å². The molecular formula is C53H94O5. The molecule has 0 amide bonds. The lowest BCUT2D eigenvalue weighted by Crippen LogP contribution is -2.30. The zero-order chi connectivity index (χ0) is 42.1. The van der Waals surface area contributed by atoms with Gasteiger partial charge in [-0.15, -0.1) is 0 Å². The van der Waals surface area contributed by atoms with E-state index in [1.54, 1.807) is 0 Å². The lowest BCUT2D eigenvalue weighted by Gasteiger charge is -2.18. The summed E-state index contributed by atoms with van der Waals surface area (Å²) in [6, 6.07) is 0. The summed E-state index contributed by atoms with van der Waals surface area (Å²) >= 11 is 0. The Labute approximate surface area is 360 Å². The van der Waals surface area contributed by atoms with Crippen LogP contribution >= 0.6 is 0 Å². The van der Waals surface area contributed by atoms with Gasteiger partial charge in [0, 0.05) is 19.4 Å². The van der Waals surface area contributed by atoms with E-state index >= 15 is 0 Å². The predicted octanol–water partition coefficient (Wildman–Crippen LogP) is 16.6. The van der Waals surface area contributed by atoms with E-state index in [-0.39, 0.29) is 25.2 Å². The minimum atomic E-state index is -0.544. The van der Waals surface area contributed by atoms with Crippen molar-refractivity contribution < 1.29 is 23.8 Å². The lowest BCUT2D eigenvalue weighted by molar-refractivity contribution is -0.163. The highest BCUT2D eigenvalue weighted by molar-refractivity contribution is 5.70. The molecule has 58 heavy (non-hydrogen) atoms. The zero-order valence-corrected chi connectivity index (χ0v) is 38.6. The molecule has 0 N–H and O–H groups in total. The molecule has 0 aliphatic carbocycles. The molecule has 0 rings (SSSR count). The molecule has 336 valence electrons. The van der Waals surface area contributed by atoms with E-state index < -0.39 is 6.10 Å². The van der Waals surface area contributed by atoms with Crippen molar-refractivity contribution in [1.29, 1.82) is 0 Å². The average Bonchev–Trinajstić information content (AvgIpc) is 3.22. The summed E-state index contributed by atoms with van der Waals surface area (Å²) < 4.78 is 17.3. The summed E-state index contributed by atoms with van der Waals surface area (Å²) in [6.07, 6.45) is 60.8. The van der Waals surface area contributed by atoms with Crippen molar-refractivity contribution in [2.24, 2.45) is 0 Å². The Balaban J connectivity index is 4.22. The first-order chi connectivity index (χ1) is 28.6. The van der Waals surface area contributed by atoms with Gasteiger partial charge in [-0.2, -0.15) is 0 Å². The first-order valence-corrected chi connectivity index (χ1v) is 24.8. The van der Waals surface area contributed by atoms with Gasteiger partial charge in [0.15, 0.2) is 6.10 Å². The molecule has 0 aromatic rings. The van der Waals surface area contributed by atoms with E-state index in [1.165, 1.54) is 122 Å². The molecule has 1 unspecified atom stereocenters. The number of hydrogen-bond acceptors (Lipinski definition) is 5. The first kappa shape index (κ1) is 55.6. The summed E-state index contributed by atoms with van der Waals surface area (Å²) in [5, 5.41) is 0. The fourth-order valence-corrected chi connectivity index (χ4v) is 6.89. The first-order valence-electron chi connectivity index (χ1n) is 24.8. The molecule has 5 nitrogen and oxygen atoms in total. The minimum Gasteiger partial charge on any atom is -0.462 e. The van der Waals surface area contributed by atoms with Crippen molar-refractivity contribution in [3.63, 3.8) is 0 Å². The second-order valence-electron chi connectivity index (χ2n) is 16.4. The van der Waals surface area contributed by atoms with Gasteiger partial charge in [0.25, 0.3) is 0 Å². The maximum Gasteiger partial charge on any atom is 0.306 e. The van der Waals surface area contributed by atoms with E-state index in [0.717, 1.165) is 83.5 Å². The SMILES string of the molecule is CC/C=C\C/C=C\C/C=C\C/C=C\C/C=C\CCCCCC(=O)OCC(COCCCCCCCCCC)OC(=O)CCCCCCCCCCCCCCCCC. The van der Waals surface area contributed by atoms with Gasteiger partial charge >= 0.3 is 11.9 Å². The zero-order valence-electron chi connectivity index (χ0n) is 38.6. The summed E-state index contributed by atoms with van der Waals surface area (Å²) in [7, 11) is 0. The van der Waals surface area contributed by atoms with Crippen LogP contribution < -0.4 is 0 Å². The second kappa shape index (κ2) is 49.0. The molecule has 5 heteroatoms. The molecule has 0 spiro atoms. The monoisotopic (exact) mass is 811 g/mol. The Morgan fingerprint density at radius 2 is 0.776 bits per heavy atom. The number of carbonyl (C=O) groups is 2. The maximum atomic E-state index is 12.7. The van der Waals surface area contributed by atoms with Gasteiger partial charge in [-0.25, -0.2) is 0 Å². The van der Waals surface area contributed by atoms with Crippen LogP contribution in [-0.4, -0.2) is 37.9 Å². The molecule has 0 aromatic carbocycles. The van der Waals surface area contributed by atoms with Gasteiger partial charge < -0.3 is 14.2 Å². The predicted molar refractivity (Wildman–Crippen MR) is 251 cm³/mol. The van der Waals surface area contributed by atoms with Crippen molar-refractivity contribution >= 4 is 11.9 Å². The molecule has 0 aliphatic heterocycles. The van der Waals surface area contributed by atoms with Gasteiger partial charge in [-0.1, -0.05) is 223 Å². The number of hydrogen-bond donors (Lipinski definition) is 0. The summed E-state index contributed by atoms with van der Waals surface area (Å²) in [4.78, 5) is 25.3. The highest BCUT2D eigenvalue weighted by Gasteiger charge is 2.17.